The fourth-order valence-corrected chi connectivity index (χ4v) is 5.27. The van der Waals surface area contributed by atoms with Crippen LogP contribution in [-0.4, -0.2) is 49.7 Å². The Morgan fingerprint density at radius 1 is 1.31 bits per heavy atom. The number of sulfonamides is 1. The van der Waals surface area contributed by atoms with E-state index in [-0.39, 0.29) is 20.9 Å². The van der Waals surface area contributed by atoms with Crippen molar-refractivity contribution in [3.63, 3.8) is 0 Å². The number of nitrogens with one attached hydrogen (secondary N) is 1. The van der Waals surface area contributed by atoms with E-state index in [0.29, 0.717) is 11.8 Å². The Bertz CT molecular complexity index is 916. The van der Waals surface area contributed by atoms with E-state index in [1.165, 1.54) is 0 Å². The number of thiophene rings is 1. The zero-order chi connectivity index (χ0) is 21.6. The molecule has 29 heavy (non-hydrogen) atoms. The first-order valence-corrected chi connectivity index (χ1v) is 12.4. The Morgan fingerprint density at radius 2 is 1.97 bits per heavy atom. The number of nitrogens with two attached hydrogens (primary N) is 1. The molecule has 1 atom stereocenters. The van der Waals surface area contributed by atoms with Crippen molar-refractivity contribution in [2.45, 2.75) is 41.5 Å². The van der Waals surface area contributed by atoms with Gasteiger partial charge in [-0.1, -0.05) is 29.5 Å². The molecular formula is C18H26N4O4S3. The summed E-state index contributed by atoms with van der Waals surface area (Å²) < 4.78 is 23.0. The monoisotopic (exact) mass is 458 g/mol. The molecule has 0 spiro atoms. The number of primary sulfonamides is 1. The van der Waals surface area contributed by atoms with Gasteiger partial charge >= 0.3 is 5.69 Å². The van der Waals surface area contributed by atoms with E-state index >= 15 is 0 Å². The van der Waals surface area contributed by atoms with Crippen LogP contribution in [0.3, 0.4) is 0 Å². The van der Waals surface area contributed by atoms with Crippen molar-refractivity contribution in [2.75, 3.05) is 24.7 Å². The van der Waals surface area contributed by atoms with E-state index in [9.17, 15) is 18.5 Å². The summed E-state index contributed by atoms with van der Waals surface area (Å²) in [4.78, 5) is 14.1. The molecular weight excluding hydrogens is 432 g/mol. The summed E-state index contributed by atoms with van der Waals surface area (Å²) in [5.41, 5.74) is -0.272. The van der Waals surface area contributed by atoms with Crippen LogP contribution in [-0.2, 0) is 10.0 Å². The molecule has 0 aliphatic carbocycles. The summed E-state index contributed by atoms with van der Waals surface area (Å²) in [7, 11) is -1.98. The maximum Gasteiger partial charge on any atom is 0.304 e. The van der Waals surface area contributed by atoms with Crippen molar-refractivity contribution >= 4 is 43.8 Å². The molecule has 1 aromatic carbocycles. The molecule has 0 aliphatic rings. The molecule has 0 radical (unpaired) electrons. The third-order valence-corrected chi connectivity index (χ3v) is 8.06. The van der Waals surface area contributed by atoms with Gasteiger partial charge in [0.25, 0.3) is 0 Å². The van der Waals surface area contributed by atoms with Gasteiger partial charge in [0.05, 0.1) is 4.92 Å². The average Bonchev–Trinajstić information content (AvgIpc) is 3.09. The van der Waals surface area contributed by atoms with Crippen molar-refractivity contribution in [3.05, 3.63) is 46.5 Å². The second-order valence-corrected chi connectivity index (χ2v) is 10.8. The molecule has 2 rings (SSSR count). The van der Waals surface area contributed by atoms with Crippen LogP contribution in [0.4, 0.5) is 10.7 Å². The molecule has 1 unspecified atom stereocenters. The van der Waals surface area contributed by atoms with Gasteiger partial charge in [0.2, 0.25) is 10.0 Å². The smallest absolute Gasteiger partial charge is 0.304 e. The Balaban J connectivity index is 2.21. The van der Waals surface area contributed by atoms with Crippen molar-refractivity contribution < 1.29 is 13.3 Å². The highest BCUT2D eigenvalue weighted by Crippen LogP contribution is 2.37. The average molecular weight is 459 g/mol. The maximum absolute atomic E-state index is 11.6. The van der Waals surface area contributed by atoms with Crippen molar-refractivity contribution in [2.24, 2.45) is 5.14 Å². The summed E-state index contributed by atoms with van der Waals surface area (Å²) in [6, 6.07) is 11.2. The van der Waals surface area contributed by atoms with Gasteiger partial charge in [-0.15, -0.1) is 11.8 Å². The number of nitrogens with zero attached hydrogens (tertiary/aromatic N) is 2. The van der Waals surface area contributed by atoms with Crippen LogP contribution >= 0.6 is 23.1 Å². The Hall–Kier alpha value is -1.66. The molecule has 0 aliphatic heterocycles. The van der Waals surface area contributed by atoms with Gasteiger partial charge in [0.1, 0.15) is 4.21 Å². The van der Waals surface area contributed by atoms with E-state index in [1.54, 1.807) is 11.8 Å². The van der Waals surface area contributed by atoms with Crippen LogP contribution in [0.5, 0.6) is 0 Å². The standard InChI is InChI=1S/C18H26N4O4S3/c1-13(2)21(3)10-9-14(12-27-15-7-5-4-6-8-15)20-18-16(22(23)24)11-17(28-18)29(19,25)26/h4-8,11,13-14,20H,9-10,12H2,1-3H3,(H2,19,25,26). The van der Waals surface area contributed by atoms with Gasteiger partial charge in [0.15, 0.2) is 5.00 Å². The van der Waals surface area contributed by atoms with Gasteiger partial charge in [-0.2, -0.15) is 0 Å². The Labute approximate surface area is 179 Å². The normalized spacial score (nSPS) is 13.0. The van der Waals surface area contributed by atoms with E-state index in [2.05, 4.69) is 24.1 Å². The van der Waals surface area contributed by atoms with Crippen LogP contribution in [0.15, 0.2) is 45.5 Å². The van der Waals surface area contributed by atoms with Gasteiger partial charge < -0.3 is 10.2 Å². The predicted molar refractivity (Wildman–Crippen MR) is 119 cm³/mol. The second-order valence-electron chi connectivity index (χ2n) is 6.91. The third-order valence-electron chi connectivity index (χ3n) is 4.41. The van der Waals surface area contributed by atoms with E-state index in [0.717, 1.165) is 35.3 Å². The zero-order valence-electron chi connectivity index (χ0n) is 16.6. The summed E-state index contributed by atoms with van der Waals surface area (Å²) in [6.07, 6.45) is 0.744. The molecule has 0 saturated heterocycles. The van der Waals surface area contributed by atoms with Crippen molar-refractivity contribution in [3.8, 4) is 0 Å². The molecule has 0 amide bonds. The fraction of sp³-hybridized carbons (Fsp3) is 0.444. The fourth-order valence-electron chi connectivity index (χ4n) is 2.45. The zero-order valence-corrected chi connectivity index (χ0v) is 19.0. The molecule has 0 saturated carbocycles. The highest BCUT2D eigenvalue weighted by atomic mass is 32.2. The number of benzene rings is 1. The first-order chi connectivity index (χ1) is 13.6. The number of hydrogen-bond donors (Lipinski definition) is 2. The Morgan fingerprint density at radius 3 is 2.52 bits per heavy atom. The number of rotatable bonds is 11. The van der Waals surface area contributed by atoms with Crippen molar-refractivity contribution in [1.82, 2.24) is 4.90 Å². The van der Waals surface area contributed by atoms with E-state index < -0.39 is 14.9 Å². The van der Waals surface area contributed by atoms with Gasteiger partial charge in [-0.25, -0.2) is 13.6 Å². The summed E-state index contributed by atoms with van der Waals surface area (Å²) in [5, 5.41) is 20.0. The molecule has 1 heterocycles. The minimum absolute atomic E-state index is 0.0907. The highest BCUT2D eigenvalue weighted by Gasteiger charge is 2.26. The lowest BCUT2D eigenvalue weighted by Gasteiger charge is -2.25. The lowest BCUT2D eigenvalue weighted by molar-refractivity contribution is -0.383. The molecule has 0 fully saturated rings. The third kappa shape index (κ3) is 7.27. The number of thioether (sulfide) groups is 1. The van der Waals surface area contributed by atoms with E-state index in [1.807, 2.05) is 37.4 Å². The van der Waals surface area contributed by atoms with Gasteiger partial charge in [-0.3, -0.25) is 10.1 Å². The SMILES string of the molecule is CC(C)N(C)CCC(CSc1ccccc1)Nc1sc(S(N)(=O)=O)cc1[N+](=O)[O-]. The minimum Gasteiger partial charge on any atom is -0.368 e. The topological polar surface area (TPSA) is 119 Å². The van der Waals surface area contributed by atoms with Crippen LogP contribution in [0, 0.1) is 10.1 Å². The van der Waals surface area contributed by atoms with Crippen LogP contribution in [0.25, 0.3) is 0 Å². The molecule has 1 aromatic heterocycles. The molecule has 8 nitrogen and oxygen atoms in total. The molecule has 11 heteroatoms. The number of anilines is 1. The van der Waals surface area contributed by atoms with Crippen LogP contribution < -0.4 is 10.5 Å². The molecule has 2 aromatic rings. The predicted octanol–water partition coefficient (Wildman–Crippen LogP) is 3.61. The van der Waals surface area contributed by atoms with Crippen molar-refractivity contribution in [1.29, 1.82) is 0 Å². The van der Waals surface area contributed by atoms with Gasteiger partial charge in [0, 0.05) is 35.3 Å². The second kappa shape index (κ2) is 10.4. The molecule has 3 N–H and O–H groups in total. The lowest BCUT2D eigenvalue weighted by atomic mass is 10.2. The number of hydrogen-bond acceptors (Lipinski definition) is 8. The summed E-state index contributed by atoms with van der Waals surface area (Å²) in [5.74, 6) is 0.676. The largest absolute Gasteiger partial charge is 0.368 e. The minimum atomic E-state index is -4.01. The first-order valence-electron chi connectivity index (χ1n) is 9.03. The van der Waals surface area contributed by atoms with Gasteiger partial charge in [-0.05, 0) is 39.4 Å². The van der Waals surface area contributed by atoms with E-state index in [4.69, 9.17) is 5.14 Å². The quantitative estimate of drug-likeness (QED) is 0.300. The molecule has 0 bridgehead atoms. The Kier molecular flexibility index (Phi) is 8.46. The number of nitro groups is 1. The summed E-state index contributed by atoms with van der Waals surface area (Å²) >= 11 is 2.44. The van der Waals surface area contributed by atoms with Crippen LogP contribution in [0.2, 0.25) is 0 Å². The summed E-state index contributed by atoms with van der Waals surface area (Å²) in [6.45, 7) is 5.00. The highest BCUT2D eigenvalue weighted by molar-refractivity contribution is 7.99. The first kappa shape index (κ1) is 23.6. The van der Waals surface area contributed by atoms with Crippen LogP contribution in [0.1, 0.15) is 20.3 Å². The maximum atomic E-state index is 11.6. The molecule has 160 valence electrons. The lowest BCUT2D eigenvalue weighted by Crippen LogP contribution is -2.32.